The molecule has 6 N–H and O–H groups in total. The van der Waals surface area contributed by atoms with Gasteiger partial charge in [0, 0.05) is 44.2 Å². The quantitative estimate of drug-likeness (QED) is 0.0552. The molecule has 4 aromatic carbocycles. The summed E-state index contributed by atoms with van der Waals surface area (Å²) in [6.07, 6.45) is -0.0730. The van der Waals surface area contributed by atoms with Crippen LogP contribution in [0.1, 0.15) is 99.4 Å². The van der Waals surface area contributed by atoms with Gasteiger partial charge in [0.2, 0.25) is 23.5 Å². The maximum atomic E-state index is 14.3. The van der Waals surface area contributed by atoms with Gasteiger partial charge in [-0.1, -0.05) is 142 Å². The molecule has 6 atom stereocenters. The van der Waals surface area contributed by atoms with Gasteiger partial charge >= 0.3 is 6.09 Å². The molecule has 398 valence electrons. The molecule has 0 heterocycles. The van der Waals surface area contributed by atoms with Crippen molar-refractivity contribution in [3.63, 3.8) is 0 Å². The topological polar surface area (TPSA) is 300 Å². The predicted molar refractivity (Wildman–Crippen MR) is 266 cm³/mol. The molecule has 19 heteroatoms. The number of benzene rings is 4. The number of carboxylic acid groups (broad SMARTS) is 3. The average Bonchev–Trinajstić information content (AvgIpc) is 3.71. The lowest BCUT2D eigenvalue weighted by Gasteiger charge is -2.33. The summed E-state index contributed by atoms with van der Waals surface area (Å²) < 4.78 is 5.91. The fourth-order valence-electron chi connectivity index (χ4n) is 9.98. The van der Waals surface area contributed by atoms with E-state index in [0.29, 0.717) is 36.8 Å². The number of hydrogen-bond acceptors (Lipinski definition) is 13. The second-order valence-electron chi connectivity index (χ2n) is 19.6. The third kappa shape index (κ3) is 15.5. The number of rotatable bonds is 26. The number of nitrogens with one attached hydrogen (secondary N) is 4. The number of quaternary nitrogens is 1. The largest absolute Gasteiger partial charge is 0.550 e. The Morgan fingerprint density at radius 1 is 0.627 bits per heavy atom. The zero-order chi connectivity index (χ0) is 54.2. The Hall–Kier alpha value is -7.93. The summed E-state index contributed by atoms with van der Waals surface area (Å²) >= 11 is 0. The van der Waals surface area contributed by atoms with E-state index < -0.39 is 108 Å². The summed E-state index contributed by atoms with van der Waals surface area (Å²) in [5, 5.41) is 47.1. The van der Waals surface area contributed by atoms with Crippen LogP contribution in [0.5, 0.6) is 0 Å². The summed E-state index contributed by atoms with van der Waals surface area (Å²) in [6, 6.07) is 23.5. The van der Waals surface area contributed by atoms with Crippen molar-refractivity contribution in [2.75, 3.05) is 20.2 Å². The van der Waals surface area contributed by atoms with Crippen LogP contribution in [-0.4, -0.2) is 109 Å². The second kappa shape index (κ2) is 26.9. The van der Waals surface area contributed by atoms with E-state index in [-0.39, 0.29) is 37.8 Å². The third-order valence-corrected chi connectivity index (χ3v) is 13.7. The molecule has 0 aliphatic heterocycles. The number of ether oxygens (including phenoxy) is 1. The summed E-state index contributed by atoms with van der Waals surface area (Å²) in [6.45, 7) is 3.30. The second-order valence-corrected chi connectivity index (χ2v) is 19.6. The van der Waals surface area contributed by atoms with E-state index in [9.17, 15) is 58.5 Å². The highest BCUT2D eigenvalue weighted by atomic mass is 16.6. The van der Waals surface area contributed by atoms with Crippen molar-refractivity contribution in [1.29, 1.82) is 0 Å². The van der Waals surface area contributed by atoms with E-state index >= 15 is 0 Å². The molecule has 2 aliphatic rings. The lowest BCUT2D eigenvalue weighted by Crippen LogP contribution is -2.94. The Morgan fingerprint density at radius 3 is 1.68 bits per heavy atom. The molecular formula is C56H64N6O13-2. The molecule has 5 amide bonds. The number of amides is 5. The molecule has 6 rings (SSSR count). The number of ketones is 1. The van der Waals surface area contributed by atoms with Crippen LogP contribution in [0.4, 0.5) is 4.79 Å². The molecule has 0 unspecified atom stereocenters. The van der Waals surface area contributed by atoms with E-state index in [4.69, 9.17) is 4.74 Å². The van der Waals surface area contributed by atoms with E-state index in [2.05, 4.69) is 21.3 Å². The smallest absolute Gasteiger partial charge is 0.410 e. The molecule has 0 bridgehead atoms. The minimum Gasteiger partial charge on any atom is -0.550 e. The summed E-state index contributed by atoms with van der Waals surface area (Å²) in [7, 11) is 1.45. The zero-order valence-corrected chi connectivity index (χ0v) is 42.2. The minimum absolute atomic E-state index is 0.00506. The normalized spacial score (nSPS) is 15.6. The summed E-state index contributed by atoms with van der Waals surface area (Å²) in [4.78, 5) is 121. The molecule has 1 fully saturated rings. The number of nitrogens with zero attached hydrogens (tertiary/aromatic N) is 1. The van der Waals surface area contributed by atoms with Crippen LogP contribution in [0.2, 0.25) is 0 Å². The maximum absolute atomic E-state index is 14.3. The first-order chi connectivity index (χ1) is 35.9. The van der Waals surface area contributed by atoms with Crippen LogP contribution in [0.3, 0.4) is 0 Å². The first-order valence-electron chi connectivity index (χ1n) is 25.3. The highest BCUT2D eigenvalue weighted by Gasteiger charge is 2.38. The standard InChI is InChI=1S/C56H66N6O13/c1-33(2)27-42(57-31-46(63)50(36-21-11-6-12-22-36)62(3)56(74)75-32-41-39-25-15-13-23-37(39)38-24-14-16-26-40(38)41)51(68)58-44(30-48(66)67)53(70)61-49(35-19-9-5-10-20-35)54(71)59-43(29-47(64)65)52(69)60-45(55(72)73)28-34-17-7-4-8-18-34/h4,6-8,11-18,21-26,33,35,41-45,49-50,57H,5,9-10,19-20,27-32H2,1-3H3,(H,58,68)(H,59,71)(H,60,69)(H,61,70)(H,64,65)(H,66,67)(H,72,73)/p-2/t42-,43-,44-,45-,49-,50+/m0/s1. The zero-order valence-electron chi connectivity index (χ0n) is 42.2. The number of hydrogen-bond donors (Lipinski definition) is 5. The maximum Gasteiger partial charge on any atom is 0.410 e. The van der Waals surface area contributed by atoms with Gasteiger partial charge in [0.15, 0.2) is 6.04 Å². The minimum atomic E-state index is -1.88. The molecule has 0 aromatic heterocycles. The van der Waals surface area contributed by atoms with Gasteiger partial charge in [0.05, 0.1) is 12.0 Å². The van der Waals surface area contributed by atoms with Gasteiger partial charge in [0.1, 0.15) is 37.3 Å². The molecular weight excluding hydrogens is 965 g/mol. The Morgan fingerprint density at radius 2 is 1.13 bits per heavy atom. The molecule has 0 spiro atoms. The highest BCUT2D eigenvalue weighted by molar-refractivity contribution is 5.97. The molecule has 4 aromatic rings. The van der Waals surface area contributed by atoms with Gasteiger partial charge < -0.3 is 61.0 Å². The molecule has 2 aliphatic carbocycles. The van der Waals surface area contributed by atoms with Crippen LogP contribution in [0.25, 0.3) is 11.1 Å². The third-order valence-electron chi connectivity index (χ3n) is 13.7. The van der Waals surface area contributed by atoms with Crippen molar-refractivity contribution in [2.45, 2.75) is 114 Å². The molecule has 0 radical (unpaired) electrons. The van der Waals surface area contributed by atoms with E-state index in [0.717, 1.165) is 28.7 Å². The molecule has 75 heavy (non-hydrogen) atoms. The number of nitrogens with two attached hydrogens (primary N) is 1. The van der Waals surface area contributed by atoms with Crippen LogP contribution < -0.4 is 41.9 Å². The number of fused-ring (bicyclic) bond motifs is 3. The number of carboxylic acids is 3. The lowest BCUT2D eigenvalue weighted by molar-refractivity contribution is -0.667. The SMILES string of the molecule is CC(C)C[C@H]([NH2+]CC(=O)[C@@H](c1ccccc1)N(C)C(=O)OCC1c2ccccc2-c2ccccc21)C(=O)N[C@@H](CC(=O)[O-])C(=O)N[C@H](C(=O)N[C@@H](CC(=O)[O-])C(=O)N[C@@H](Cc1ccccc1)C(=O)[O-])C1CCCCC1. The summed E-state index contributed by atoms with van der Waals surface area (Å²) in [5.41, 5.74) is 5.11. The highest BCUT2D eigenvalue weighted by Crippen LogP contribution is 2.44. The Kier molecular flexibility index (Phi) is 20.2. The van der Waals surface area contributed by atoms with Gasteiger partial charge in [-0.05, 0) is 64.5 Å². The van der Waals surface area contributed by atoms with Crippen molar-refractivity contribution in [3.8, 4) is 11.1 Å². The van der Waals surface area contributed by atoms with Crippen LogP contribution in [-0.2, 0) is 49.5 Å². The van der Waals surface area contributed by atoms with E-state index in [1.165, 1.54) is 17.3 Å². The van der Waals surface area contributed by atoms with Gasteiger partial charge in [-0.25, -0.2) is 4.79 Å². The Balaban J connectivity index is 1.15. The monoisotopic (exact) mass is 1030 g/mol. The van der Waals surface area contributed by atoms with Crippen molar-refractivity contribution in [3.05, 3.63) is 131 Å². The predicted octanol–water partition coefficient (Wildman–Crippen LogP) is -0.0521. The number of carbonyl (C=O) groups excluding carboxylic acids is 9. The lowest BCUT2D eigenvalue weighted by atomic mass is 9.83. The van der Waals surface area contributed by atoms with Gasteiger partial charge in [-0.2, -0.15) is 0 Å². The van der Waals surface area contributed by atoms with Crippen molar-refractivity contribution < 1.29 is 68.5 Å². The van der Waals surface area contributed by atoms with Gasteiger partial charge in [0.25, 0.3) is 5.91 Å². The average molecular weight is 1030 g/mol. The Labute approximate surface area is 435 Å². The Bertz CT molecular complexity index is 2630. The summed E-state index contributed by atoms with van der Waals surface area (Å²) in [5.74, 6) is -10.7. The fourth-order valence-corrected chi connectivity index (χ4v) is 9.98. The molecule has 19 nitrogen and oxygen atoms in total. The molecule has 1 saturated carbocycles. The number of Topliss-reactive ketones (excluding diaryl/α,β-unsaturated/α-hetero) is 1. The fraction of sp³-hybridized carbons (Fsp3) is 0.411. The van der Waals surface area contributed by atoms with Gasteiger partial charge in [-0.15, -0.1) is 0 Å². The van der Waals surface area contributed by atoms with Crippen molar-refractivity contribution in [1.82, 2.24) is 26.2 Å². The van der Waals surface area contributed by atoms with Crippen LogP contribution in [0, 0.1) is 11.8 Å². The van der Waals surface area contributed by atoms with Crippen molar-refractivity contribution in [2.24, 2.45) is 11.8 Å². The first kappa shape index (κ1) is 56.4. The van der Waals surface area contributed by atoms with Gasteiger partial charge in [-0.3, -0.25) is 28.9 Å². The molecule has 0 saturated heterocycles. The number of likely N-dealkylation sites (N-methyl/N-ethyl adjacent to an activating group) is 1. The van der Waals surface area contributed by atoms with Crippen molar-refractivity contribution >= 4 is 53.4 Å². The first-order valence-corrected chi connectivity index (χ1v) is 25.3. The van der Waals surface area contributed by atoms with E-state index in [1.54, 1.807) is 60.7 Å². The number of carbonyl (C=O) groups is 9. The van der Waals surface area contributed by atoms with Crippen LogP contribution in [0.15, 0.2) is 109 Å². The van der Waals surface area contributed by atoms with E-state index in [1.807, 2.05) is 62.4 Å². The number of aliphatic carboxylic acids is 3. The van der Waals surface area contributed by atoms with Crippen LogP contribution >= 0.6 is 0 Å².